The molecule has 1 fully saturated rings. The standard InChI is InChI=1S/C20H22BrN5O2/c1-28-13-18-24-17-6-3-9-22-19(17)26(18)16-7-10-25(11-8-16)20(27)23-15-5-2-4-14(21)12-15/h2-6,9,12,16H,7-8,10-11,13H2,1H3,(H,23,27). The van der Waals surface area contributed by atoms with Crippen LogP contribution in [-0.4, -0.2) is 45.7 Å². The van der Waals surface area contributed by atoms with Crippen LogP contribution >= 0.6 is 15.9 Å². The summed E-state index contributed by atoms with van der Waals surface area (Å²) in [6.45, 7) is 1.81. The lowest BCUT2D eigenvalue weighted by molar-refractivity contribution is 0.162. The number of nitrogens with zero attached hydrogens (tertiary/aromatic N) is 4. The number of imidazole rings is 1. The highest BCUT2D eigenvalue weighted by atomic mass is 79.9. The Labute approximate surface area is 171 Å². The number of halogens is 1. The second-order valence-corrected chi connectivity index (χ2v) is 7.75. The number of amides is 2. The number of likely N-dealkylation sites (tertiary alicyclic amines) is 1. The molecule has 146 valence electrons. The van der Waals surface area contributed by atoms with E-state index in [1.54, 1.807) is 13.3 Å². The Balaban J connectivity index is 1.46. The molecular formula is C20H22BrN5O2. The summed E-state index contributed by atoms with van der Waals surface area (Å²) < 4.78 is 8.46. The van der Waals surface area contributed by atoms with Crippen molar-refractivity contribution in [2.75, 3.05) is 25.5 Å². The number of benzene rings is 1. The van der Waals surface area contributed by atoms with Gasteiger partial charge in [0.05, 0.1) is 0 Å². The van der Waals surface area contributed by atoms with E-state index in [9.17, 15) is 4.79 Å². The third kappa shape index (κ3) is 3.88. The Morgan fingerprint density at radius 1 is 1.29 bits per heavy atom. The van der Waals surface area contributed by atoms with Crippen LogP contribution in [0.4, 0.5) is 10.5 Å². The molecular weight excluding hydrogens is 422 g/mol. The molecule has 0 spiro atoms. The number of hydrogen-bond donors (Lipinski definition) is 1. The summed E-state index contributed by atoms with van der Waals surface area (Å²) in [6, 6.07) is 11.7. The second kappa shape index (κ2) is 8.28. The van der Waals surface area contributed by atoms with E-state index in [0.29, 0.717) is 19.7 Å². The zero-order valence-corrected chi connectivity index (χ0v) is 17.2. The van der Waals surface area contributed by atoms with Crippen LogP contribution in [0.5, 0.6) is 0 Å². The topological polar surface area (TPSA) is 72.3 Å². The molecule has 0 unspecified atom stereocenters. The highest BCUT2D eigenvalue weighted by Crippen LogP contribution is 2.28. The van der Waals surface area contributed by atoms with Crippen LogP contribution in [0.3, 0.4) is 0 Å². The molecule has 0 bridgehead atoms. The molecule has 1 N–H and O–H groups in total. The van der Waals surface area contributed by atoms with Gasteiger partial charge < -0.3 is 19.5 Å². The van der Waals surface area contributed by atoms with Crippen LogP contribution in [0.25, 0.3) is 11.2 Å². The normalized spacial score (nSPS) is 15.1. The largest absolute Gasteiger partial charge is 0.377 e. The van der Waals surface area contributed by atoms with Gasteiger partial charge in [-0.05, 0) is 43.2 Å². The van der Waals surface area contributed by atoms with Gasteiger partial charge in [-0.25, -0.2) is 14.8 Å². The lowest BCUT2D eigenvalue weighted by atomic mass is 10.0. The molecule has 28 heavy (non-hydrogen) atoms. The fourth-order valence-corrected chi connectivity index (χ4v) is 4.09. The highest BCUT2D eigenvalue weighted by Gasteiger charge is 2.27. The number of nitrogens with one attached hydrogen (secondary N) is 1. The van der Waals surface area contributed by atoms with E-state index in [-0.39, 0.29) is 12.1 Å². The maximum atomic E-state index is 12.6. The molecule has 3 heterocycles. The van der Waals surface area contributed by atoms with Gasteiger partial charge in [-0.15, -0.1) is 0 Å². The fourth-order valence-electron chi connectivity index (χ4n) is 3.69. The van der Waals surface area contributed by atoms with Gasteiger partial charge in [-0.2, -0.15) is 0 Å². The number of piperidine rings is 1. The quantitative estimate of drug-likeness (QED) is 0.655. The van der Waals surface area contributed by atoms with Crippen molar-refractivity contribution in [2.24, 2.45) is 0 Å². The molecule has 0 atom stereocenters. The number of methoxy groups -OCH3 is 1. The number of fused-ring (bicyclic) bond motifs is 1. The molecule has 0 radical (unpaired) electrons. The third-order valence-electron chi connectivity index (χ3n) is 4.99. The predicted molar refractivity (Wildman–Crippen MR) is 111 cm³/mol. The van der Waals surface area contributed by atoms with Gasteiger partial charge in [0.2, 0.25) is 0 Å². The molecule has 7 nitrogen and oxygen atoms in total. The lowest BCUT2D eigenvalue weighted by Crippen LogP contribution is -2.41. The minimum Gasteiger partial charge on any atom is -0.377 e. The van der Waals surface area contributed by atoms with Crippen molar-refractivity contribution < 1.29 is 9.53 Å². The number of urea groups is 1. The van der Waals surface area contributed by atoms with Crippen LogP contribution in [0.1, 0.15) is 24.7 Å². The van der Waals surface area contributed by atoms with Gasteiger partial charge >= 0.3 is 6.03 Å². The summed E-state index contributed by atoms with van der Waals surface area (Å²) >= 11 is 3.43. The van der Waals surface area contributed by atoms with Crippen LogP contribution in [-0.2, 0) is 11.3 Å². The Morgan fingerprint density at radius 3 is 2.86 bits per heavy atom. The molecule has 1 saturated heterocycles. The lowest BCUT2D eigenvalue weighted by Gasteiger charge is -2.33. The van der Waals surface area contributed by atoms with Crippen molar-refractivity contribution >= 4 is 38.8 Å². The minimum atomic E-state index is -0.0673. The Bertz CT molecular complexity index is 982. The molecule has 0 saturated carbocycles. The number of pyridine rings is 1. The SMILES string of the molecule is COCc1nc2cccnc2n1C1CCN(C(=O)Nc2cccc(Br)c2)CC1. The van der Waals surface area contributed by atoms with Crippen LogP contribution in [0, 0.1) is 0 Å². The Kier molecular flexibility index (Phi) is 5.59. The highest BCUT2D eigenvalue weighted by molar-refractivity contribution is 9.10. The summed E-state index contributed by atoms with van der Waals surface area (Å²) in [5, 5.41) is 2.97. The number of carbonyl (C=O) groups excluding carboxylic acids is 1. The first-order chi connectivity index (χ1) is 13.7. The summed E-state index contributed by atoms with van der Waals surface area (Å²) in [5.41, 5.74) is 2.55. The molecule has 0 aliphatic carbocycles. The van der Waals surface area contributed by atoms with Crippen molar-refractivity contribution in [3.63, 3.8) is 0 Å². The van der Waals surface area contributed by atoms with E-state index in [1.165, 1.54) is 0 Å². The third-order valence-corrected chi connectivity index (χ3v) is 5.48. The molecule has 2 amide bonds. The van der Waals surface area contributed by atoms with Crippen LogP contribution in [0.2, 0.25) is 0 Å². The van der Waals surface area contributed by atoms with Gasteiger partial charge in [0.25, 0.3) is 0 Å². The molecule has 3 aromatic rings. The average molecular weight is 444 g/mol. The van der Waals surface area contributed by atoms with E-state index >= 15 is 0 Å². The first-order valence-electron chi connectivity index (χ1n) is 9.28. The molecule has 4 rings (SSSR count). The van der Waals surface area contributed by atoms with Gasteiger partial charge in [0, 0.05) is 42.6 Å². The monoisotopic (exact) mass is 443 g/mol. The van der Waals surface area contributed by atoms with E-state index in [0.717, 1.165) is 40.0 Å². The number of ether oxygens (including phenoxy) is 1. The number of aromatic nitrogens is 3. The molecule has 1 aromatic carbocycles. The fraction of sp³-hybridized carbons (Fsp3) is 0.350. The van der Waals surface area contributed by atoms with E-state index in [4.69, 9.17) is 4.74 Å². The van der Waals surface area contributed by atoms with Crippen LogP contribution in [0.15, 0.2) is 47.1 Å². The van der Waals surface area contributed by atoms with E-state index in [2.05, 4.69) is 35.8 Å². The summed E-state index contributed by atoms with van der Waals surface area (Å²) in [7, 11) is 1.67. The smallest absolute Gasteiger partial charge is 0.321 e. The van der Waals surface area contributed by atoms with Gasteiger partial charge in [0.1, 0.15) is 17.9 Å². The zero-order chi connectivity index (χ0) is 19.5. The Hall–Kier alpha value is -2.45. The van der Waals surface area contributed by atoms with Crippen LogP contribution < -0.4 is 5.32 Å². The van der Waals surface area contributed by atoms with Gasteiger partial charge in [0.15, 0.2) is 5.65 Å². The van der Waals surface area contributed by atoms with E-state index in [1.807, 2.05) is 41.3 Å². The maximum absolute atomic E-state index is 12.6. The average Bonchev–Trinajstić information content (AvgIpc) is 3.06. The van der Waals surface area contributed by atoms with Gasteiger partial charge in [-0.3, -0.25) is 0 Å². The molecule has 1 aliphatic rings. The minimum absolute atomic E-state index is 0.0673. The Morgan fingerprint density at radius 2 is 2.11 bits per heavy atom. The first kappa shape index (κ1) is 18.9. The summed E-state index contributed by atoms with van der Waals surface area (Å²) in [5.74, 6) is 0.883. The van der Waals surface area contributed by atoms with Crippen molar-refractivity contribution in [1.82, 2.24) is 19.4 Å². The number of hydrogen-bond acceptors (Lipinski definition) is 4. The molecule has 8 heteroatoms. The molecule has 2 aromatic heterocycles. The second-order valence-electron chi connectivity index (χ2n) is 6.84. The number of rotatable bonds is 4. The predicted octanol–water partition coefficient (Wildman–Crippen LogP) is 4.21. The summed E-state index contributed by atoms with van der Waals surface area (Å²) in [4.78, 5) is 23.7. The van der Waals surface area contributed by atoms with Gasteiger partial charge in [-0.1, -0.05) is 22.0 Å². The maximum Gasteiger partial charge on any atom is 0.321 e. The summed E-state index contributed by atoms with van der Waals surface area (Å²) in [6.07, 6.45) is 3.49. The number of carbonyl (C=O) groups is 1. The van der Waals surface area contributed by atoms with Crippen molar-refractivity contribution in [3.05, 3.63) is 52.9 Å². The van der Waals surface area contributed by atoms with Crippen molar-refractivity contribution in [3.8, 4) is 0 Å². The van der Waals surface area contributed by atoms with E-state index < -0.39 is 0 Å². The number of anilines is 1. The van der Waals surface area contributed by atoms with Crippen molar-refractivity contribution in [1.29, 1.82) is 0 Å². The van der Waals surface area contributed by atoms with Crippen molar-refractivity contribution in [2.45, 2.75) is 25.5 Å². The zero-order valence-electron chi connectivity index (χ0n) is 15.6. The first-order valence-corrected chi connectivity index (χ1v) is 10.1. The molecule has 1 aliphatic heterocycles.